The SMILES string of the molecule is COC(=O)C1(CNCc2ccc(F)c(F)c2)CC1. The van der Waals surface area contributed by atoms with Crippen molar-refractivity contribution in [3.63, 3.8) is 0 Å². The van der Waals surface area contributed by atoms with E-state index in [0.717, 1.165) is 25.0 Å². The maximum absolute atomic E-state index is 13.0. The average molecular weight is 255 g/mol. The van der Waals surface area contributed by atoms with Crippen molar-refractivity contribution in [2.45, 2.75) is 19.4 Å². The molecule has 0 radical (unpaired) electrons. The van der Waals surface area contributed by atoms with Crippen LogP contribution in [0.1, 0.15) is 18.4 Å². The molecule has 1 aliphatic rings. The van der Waals surface area contributed by atoms with Crippen molar-refractivity contribution in [3.8, 4) is 0 Å². The van der Waals surface area contributed by atoms with Crippen molar-refractivity contribution in [1.29, 1.82) is 0 Å². The normalized spacial score (nSPS) is 16.4. The van der Waals surface area contributed by atoms with Gasteiger partial charge in [-0.1, -0.05) is 6.07 Å². The summed E-state index contributed by atoms with van der Waals surface area (Å²) >= 11 is 0. The third-order valence-corrected chi connectivity index (χ3v) is 3.25. The number of hydrogen-bond acceptors (Lipinski definition) is 3. The van der Waals surface area contributed by atoms with E-state index in [1.165, 1.54) is 13.2 Å². The summed E-state index contributed by atoms with van der Waals surface area (Å²) in [7, 11) is 1.37. The van der Waals surface area contributed by atoms with Gasteiger partial charge in [-0.05, 0) is 30.5 Å². The van der Waals surface area contributed by atoms with E-state index in [9.17, 15) is 13.6 Å². The Morgan fingerprint density at radius 3 is 2.67 bits per heavy atom. The molecule has 98 valence electrons. The second kappa shape index (κ2) is 5.02. The maximum Gasteiger partial charge on any atom is 0.313 e. The van der Waals surface area contributed by atoms with Crippen molar-refractivity contribution in [1.82, 2.24) is 5.32 Å². The molecule has 0 heterocycles. The Balaban J connectivity index is 1.85. The number of carbonyl (C=O) groups is 1. The van der Waals surface area contributed by atoms with Gasteiger partial charge in [-0.3, -0.25) is 4.79 Å². The molecule has 1 N–H and O–H groups in total. The molecule has 1 aromatic rings. The first-order valence-electron chi connectivity index (χ1n) is 5.80. The topological polar surface area (TPSA) is 38.3 Å². The number of ether oxygens (including phenoxy) is 1. The summed E-state index contributed by atoms with van der Waals surface area (Å²) in [6, 6.07) is 3.77. The molecule has 0 spiro atoms. The third kappa shape index (κ3) is 2.67. The fourth-order valence-electron chi connectivity index (χ4n) is 1.92. The molecule has 1 saturated carbocycles. The molecule has 1 aromatic carbocycles. The van der Waals surface area contributed by atoms with Crippen LogP contribution in [0.25, 0.3) is 0 Å². The van der Waals surface area contributed by atoms with E-state index in [1.807, 2.05) is 0 Å². The van der Waals surface area contributed by atoms with E-state index in [2.05, 4.69) is 5.32 Å². The minimum Gasteiger partial charge on any atom is -0.469 e. The van der Waals surface area contributed by atoms with Crippen LogP contribution < -0.4 is 5.32 Å². The summed E-state index contributed by atoms with van der Waals surface area (Å²) in [6.07, 6.45) is 1.62. The van der Waals surface area contributed by atoms with Crippen LogP contribution in [0, 0.1) is 17.0 Å². The Morgan fingerprint density at radius 2 is 2.11 bits per heavy atom. The lowest BCUT2D eigenvalue weighted by molar-refractivity contribution is -0.146. The molecular formula is C13H15F2NO2. The Hall–Kier alpha value is -1.49. The third-order valence-electron chi connectivity index (χ3n) is 3.25. The molecule has 0 aromatic heterocycles. The fourth-order valence-corrected chi connectivity index (χ4v) is 1.92. The van der Waals surface area contributed by atoms with Gasteiger partial charge < -0.3 is 10.1 Å². The van der Waals surface area contributed by atoms with Crippen LogP contribution in [-0.2, 0) is 16.1 Å². The minimum atomic E-state index is -0.858. The summed E-state index contributed by atoms with van der Waals surface area (Å²) in [4.78, 5) is 11.5. The van der Waals surface area contributed by atoms with Crippen molar-refractivity contribution >= 4 is 5.97 Å². The summed E-state index contributed by atoms with van der Waals surface area (Å²) in [6.45, 7) is 0.897. The summed E-state index contributed by atoms with van der Waals surface area (Å²) in [5.41, 5.74) is 0.238. The first kappa shape index (κ1) is 13.0. The highest BCUT2D eigenvalue weighted by Gasteiger charge is 2.50. The lowest BCUT2D eigenvalue weighted by Gasteiger charge is -2.13. The average Bonchev–Trinajstić information content (AvgIpc) is 3.14. The van der Waals surface area contributed by atoms with Crippen LogP contribution in [0.15, 0.2) is 18.2 Å². The van der Waals surface area contributed by atoms with Crippen LogP contribution in [0.5, 0.6) is 0 Å². The standard InChI is InChI=1S/C13H15F2NO2/c1-18-12(17)13(4-5-13)8-16-7-9-2-3-10(14)11(15)6-9/h2-3,6,16H,4-5,7-8H2,1H3. The lowest BCUT2D eigenvalue weighted by Crippen LogP contribution is -2.30. The Morgan fingerprint density at radius 1 is 1.39 bits per heavy atom. The van der Waals surface area contributed by atoms with Crippen LogP contribution in [-0.4, -0.2) is 19.6 Å². The smallest absolute Gasteiger partial charge is 0.313 e. The molecule has 3 nitrogen and oxygen atoms in total. The number of halogens is 2. The molecule has 5 heteroatoms. The van der Waals surface area contributed by atoms with Gasteiger partial charge in [0, 0.05) is 13.1 Å². The minimum absolute atomic E-state index is 0.208. The van der Waals surface area contributed by atoms with Gasteiger partial charge >= 0.3 is 5.97 Å². The van der Waals surface area contributed by atoms with Gasteiger partial charge in [-0.15, -0.1) is 0 Å². The number of methoxy groups -OCH3 is 1. The molecule has 0 aliphatic heterocycles. The lowest BCUT2D eigenvalue weighted by atomic mass is 10.1. The van der Waals surface area contributed by atoms with Crippen molar-refractivity contribution in [3.05, 3.63) is 35.4 Å². The summed E-state index contributed by atoms with van der Waals surface area (Å²) < 4.78 is 30.4. The monoisotopic (exact) mass is 255 g/mol. The van der Waals surface area contributed by atoms with E-state index in [4.69, 9.17) is 4.74 Å². The number of rotatable bonds is 5. The predicted molar refractivity (Wildman–Crippen MR) is 61.7 cm³/mol. The van der Waals surface area contributed by atoms with Gasteiger partial charge in [-0.25, -0.2) is 8.78 Å². The number of hydrogen-bond donors (Lipinski definition) is 1. The molecule has 2 rings (SSSR count). The summed E-state index contributed by atoms with van der Waals surface area (Å²) in [5.74, 6) is -1.92. The zero-order valence-corrected chi connectivity index (χ0v) is 10.1. The van der Waals surface area contributed by atoms with Crippen LogP contribution in [0.3, 0.4) is 0 Å². The van der Waals surface area contributed by atoms with Gasteiger partial charge in [0.05, 0.1) is 12.5 Å². The van der Waals surface area contributed by atoms with Crippen LogP contribution in [0.2, 0.25) is 0 Å². The molecule has 0 amide bonds. The van der Waals surface area contributed by atoms with Gasteiger partial charge in [0.25, 0.3) is 0 Å². The summed E-state index contributed by atoms with van der Waals surface area (Å²) in [5, 5.41) is 3.08. The Bertz CT molecular complexity index is 458. The highest BCUT2D eigenvalue weighted by atomic mass is 19.2. The quantitative estimate of drug-likeness (QED) is 0.818. The van der Waals surface area contributed by atoms with Crippen LogP contribution in [0.4, 0.5) is 8.78 Å². The first-order chi connectivity index (χ1) is 8.57. The van der Waals surface area contributed by atoms with Gasteiger partial charge in [0.2, 0.25) is 0 Å². The number of benzene rings is 1. The van der Waals surface area contributed by atoms with E-state index >= 15 is 0 Å². The number of carbonyl (C=O) groups excluding carboxylic acids is 1. The first-order valence-corrected chi connectivity index (χ1v) is 5.80. The molecule has 0 atom stereocenters. The van der Waals surface area contributed by atoms with Gasteiger partial charge in [0.15, 0.2) is 11.6 Å². The van der Waals surface area contributed by atoms with Crippen molar-refractivity contribution in [2.24, 2.45) is 5.41 Å². The predicted octanol–water partition coefficient (Wildman–Crippen LogP) is 2.01. The van der Waals surface area contributed by atoms with Crippen molar-refractivity contribution in [2.75, 3.05) is 13.7 Å². The molecular weight excluding hydrogens is 240 g/mol. The molecule has 0 unspecified atom stereocenters. The van der Waals surface area contributed by atoms with E-state index in [-0.39, 0.29) is 5.97 Å². The van der Waals surface area contributed by atoms with Gasteiger partial charge in [-0.2, -0.15) is 0 Å². The largest absolute Gasteiger partial charge is 0.469 e. The zero-order valence-electron chi connectivity index (χ0n) is 10.1. The molecule has 0 saturated heterocycles. The zero-order chi connectivity index (χ0) is 13.2. The number of nitrogens with one attached hydrogen (secondary N) is 1. The maximum atomic E-state index is 13.0. The number of esters is 1. The fraction of sp³-hybridized carbons (Fsp3) is 0.462. The Kier molecular flexibility index (Phi) is 3.61. The van der Waals surface area contributed by atoms with E-state index in [1.54, 1.807) is 0 Å². The highest BCUT2D eigenvalue weighted by molar-refractivity contribution is 5.80. The molecule has 1 fully saturated rings. The second-order valence-corrected chi connectivity index (χ2v) is 4.62. The Labute approximate surface area is 104 Å². The van der Waals surface area contributed by atoms with E-state index in [0.29, 0.717) is 18.7 Å². The van der Waals surface area contributed by atoms with Crippen molar-refractivity contribution < 1.29 is 18.3 Å². The van der Waals surface area contributed by atoms with E-state index < -0.39 is 17.0 Å². The van der Waals surface area contributed by atoms with Crippen LogP contribution >= 0.6 is 0 Å². The second-order valence-electron chi connectivity index (χ2n) is 4.62. The highest BCUT2D eigenvalue weighted by Crippen LogP contribution is 2.46. The van der Waals surface area contributed by atoms with Gasteiger partial charge in [0.1, 0.15) is 0 Å². The molecule has 1 aliphatic carbocycles. The molecule has 18 heavy (non-hydrogen) atoms. The molecule has 0 bridgehead atoms.